The van der Waals surface area contributed by atoms with Gasteiger partial charge in [0.15, 0.2) is 0 Å². The molecule has 0 saturated heterocycles. The van der Waals surface area contributed by atoms with Crippen molar-refractivity contribution in [2.75, 3.05) is 5.32 Å². The predicted molar refractivity (Wildman–Crippen MR) is 111 cm³/mol. The smallest absolute Gasteiger partial charge is 0.0991 e. The lowest BCUT2D eigenvalue weighted by Gasteiger charge is -2.10. The van der Waals surface area contributed by atoms with Gasteiger partial charge in [0.1, 0.15) is 0 Å². The van der Waals surface area contributed by atoms with Crippen molar-refractivity contribution >= 4 is 27.1 Å². The maximum Gasteiger partial charge on any atom is 0.0991 e. The second-order valence-electron chi connectivity index (χ2n) is 6.49. The summed E-state index contributed by atoms with van der Waals surface area (Å²) >= 11 is 1.87. The van der Waals surface area contributed by atoms with E-state index in [1.165, 1.54) is 15.0 Å². The molecule has 2 aromatic heterocycles. The zero-order valence-corrected chi connectivity index (χ0v) is 16.0. The molecule has 0 amide bonds. The number of fused-ring (bicyclic) bond motifs is 1. The number of hydrogen-bond donors (Lipinski definition) is 1. The Morgan fingerprint density at radius 3 is 2.78 bits per heavy atom. The predicted octanol–water partition coefficient (Wildman–Crippen LogP) is 5.19. The lowest BCUT2D eigenvalue weighted by molar-refractivity contribution is 0.749. The van der Waals surface area contributed by atoms with Gasteiger partial charge in [-0.05, 0) is 53.8 Å². The van der Waals surface area contributed by atoms with Crippen LogP contribution in [0.1, 0.15) is 28.6 Å². The summed E-state index contributed by atoms with van der Waals surface area (Å²) in [6.07, 6.45) is 4.83. The highest BCUT2D eigenvalue weighted by Gasteiger charge is 2.05. The number of thiophene rings is 1. The van der Waals surface area contributed by atoms with E-state index in [1.807, 2.05) is 48.1 Å². The second kappa shape index (κ2) is 7.65. The molecule has 0 radical (unpaired) electrons. The maximum absolute atomic E-state index is 8.92. The standard InChI is InChI=1S/C22H20N4S/c1-2-21-10-18-9-19(7-8-22(18)27-21)25-13-20-12-24-15-26(20)14-17-5-3-16(11-23)4-6-17/h3-10,12,15,25H,2,13-14H2,1H3. The van der Waals surface area contributed by atoms with Gasteiger partial charge in [-0.1, -0.05) is 19.1 Å². The van der Waals surface area contributed by atoms with Crippen molar-refractivity contribution in [3.63, 3.8) is 0 Å². The average Bonchev–Trinajstić information content (AvgIpc) is 3.32. The fourth-order valence-electron chi connectivity index (χ4n) is 3.09. The van der Waals surface area contributed by atoms with Gasteiger partial charge in [-0.2, -0.15) is 5.26 Å². The summed E-state index contributed by atoms with van der Waals surface area (Å²) in [5, 5.41) is 13.7. The van der Waals surface area contributed by atoms with Crippen LogP contribution in [0.3, 0.4) is 0 Å². The summed E-state index contributed by atoms with van der Waals surface area (Å²) < 4.78 is 3.47. The van der Waals surface area contributed by atoms with E-state index in [9.17, 15) is 0 Å². The number of aryl methyl sites for hydroxylation is 1. The number of nitrogens with zero attached hydrogens (tertiary/aromatic N) is 3. The van der Waals surface area contributed by atoms with Gasteiger partial charge >= 0.3 is 0 Å². The molecule has 2 heterocycles. The lowest BCUT2D eigenvalue weighted by atomic mass is 10.1. The van der Waals surface area contributed by atoms with Crippen LogP contribution >= 0.6 is 11.3 Å². The molecule has 0 aliphatic carbocycles. The van der Waals surface area contributed by atoms with Crippen molar-refractivity contribution in [2.24, 2.45) is 0 Å². The normalized spacial score (nSPS) is 10.8. The van der Waals surface area contributed by atoms with E-state index in [2.05, 4.69) is 52.1 Å². The van der Waals surface area contributed by atoms with Crippen LogP contribution in [-0.4, -0.2) is 9.55 Å². The Morgan fingerprint density at radius 2 is 2.00 bits per heavy atom. The first-order valence-electron chi connectivity index (χ1n) is 8.99. The molecule has 4 aromatic rings. The van der Waals surface area contributed by atoms with Gasteiger partial charge in [0.25, 0.3) is 0 Å². The van der Waals surface area contributed by atoms with Crippen molar-refractivity contribution < 1.29 is 0 Å². The molecule has 134 valence electrons. The summed E-state index contributed by atoms with van der Waals surface area (Å²) in [5.74, 6) is 0. The van der Waals surface area contributed by atoms with Crippen LogP contribution in [0.4, 0.5) is 5.69 Å². The molecule has 1 N–H and O–H groups in total. The number of nitriles is 1. The third-order valence-electron chi connectivity index (χ3n) is 4.62. The highest BCUT2D eigenvalue weighted by molar-refractivity contribution is 7.19. The molecule has 2 aromatic carbocycles. The van der Waals surface area contributed by atoms with Gasteiger partial charge in [0.05, 0.1) is 30.2 Å². The van der Waals surface area contributed by atoms with Gasteiger partial charge in [-0.25, -0.2) is 4.98 Å². The minimum atomic E-state index is 0.682. The Labute approximate surface area is 162 Å². The second-order valence-corrected chi connectivity index (χ2v) is 7.66. The molecule has 0 unspecified atom stereocenters. The third-order valence-corrected chi connectivity index (χ3v) is 5.88. The van der Waals surface area contributed by atoms with Crippen LogP contribution in [-0.2, 0) is 19.5 Å². The van der Waals surface area contributed by atoms with E-state index >= 15 is 0 Å². The molecule has 0 aliphatic rings. The maximum atomic E-state index is 8.92. The molecule has 0 aliphatic heterocycles. The number of benzene rings is 2. The molecule has 0 bridgehead atoms. The van der Waals surface area contributed by atoms with Crippen molar-refractivity contribution in [1.82, 2.24) is 9.55 Å². The minimum Gasteiger partial charge on any atom is -0.379 e. The van der Waals surface area contributed by atoms with Crippen LogP contribution in [0.15, 0.2) is 61.1 Å². The van der Waals surface area contributed by atoms with Crippen molar-refractivity contribution in [1.29, 1.82) is 5.26 Å². The van der Waals surface area contributed by atoms with Crippen LogP contribution in [0.25, 0.3) is 10.1 Å². The topological polar surface area (TPSA) is 53.6 Å². The zero-order valence-electron chi connectivity index (χ0n) is 15.1. The zero-order chi connectivity index (χ0) is 18.6. The van der Waals surface area contributed by atoms with Crippen molar-refractivity contribution in [3.05, 3.63) is 82.8 Å². The molecule has 5 heteroatoms. The van der Waals surface area contributed by atoms with E-state index < -0.39 is 0 Å². The first kappa shape index (κ1) is 17.3. The third kappa shape index (κ3) is 3.86. The summed E-state index contributed by atoms with van der Waals surface area (Å²) in [5.41, 5.74) is 4.08. The van der Waals surface area contributed by atoms with E-state index in [0.29, 0.717) is 12.1 Å². The van der Waals surface area contributed by atoms with Crippen LogP contribution in [0.2, 0.25) is 0 Å². The molecule has 0 atom stereocenters. The number of rotatable bonds is 6. The number of hydrogen-bond acceptors (Lipinski definition) is 4. The van der Waals surface area contributed by atoms with Gasteiger partial charge in [-0.15, -0.1) is 11.3 Å². The Hall–Kier alpha value is -3.10. The van der Waals surface area contributed by atoms with Gasteiger partial charge < -0.3 is 9.88 Å². The fourth-order valence-corrected chi connectivity index (χ4v) is 4.08. The first-order chi connectivity index (χ1) is 13.2. The quantitative estimate of drug-likeness (QED) is 0.506. The molecule has 0 saturated carbocycles. The molecular weight excluding hydrogens is 352 g/mol. The number of aromatic nitrogens is 2. The van der Waals surface area contributed by atoms with Crippen LogP contribution in [0.5, 0.6) is 0 Å². The highest BCUT2D eigenvalue weighted by Crippen LogP contribution is 2.28. The number of anilines is 1. The van der Waals surface area contributed by atoms with Gasteiger partial charge in [0, 0.05) is 28.0 Å². The average molecular weight is 372 g/mol. The van der Waals surface area contributed by atoms with E-state index in [1.54, 1.807) is 0 Å². The molecule has 0 spiro atoms. The lowest BCUT2D eigenvalue weighted by Crippen LogP contribution is -2.08. The fraction of sp³-hybridized carbons (Fsp3) is 0.182. The molecule has 0 fully saturated rings. The minimum absolute atomic E-state index is 0.682. The Morgan fingerprint density at radius 1 is 1.15 bits per heavy atom. The summed E-state index contributed by atoms with van der Waals surface area (Å²) in [6.45, 7) is 3.65. The monoisotopic (exact) mass is 372 g/mol. The molecular formula is C22H20N4S. The summed E-state index contributed by atoms with van der Waals surface area (Å²) in [7, 11) is 0. The van der Waals surface area contributed by atoms with Crippen LogP contribution < -0.4 is 5.32 Å². The first-order valence-corrected chi connectivity index (χ1v) is 9.81. The largest absolute Gasteiger partial charge is 0.379 e. The Balaban J connectivity index is 1.46. The van der Waals surface area contributed by atoms with E-state index in [-0.39, 0.29) is 0 Å². The van der Waals surface area contributed by atoms with Gasteiger partial charge in [0.2, 0.25) is 0 Å². The summed E-state index contributed by atoms with van der Waals surface area (Å²) in [6, 6.07) is 18.7. The Kier molecular flexibility index (Phi) is 4.91. The number of imidazole rings is 1. The summed E-state index contributed by atoms with van der Waals surface area (Å²) in [4.78, 5) is 5.72. The van der Waals surface area contributed by atoms with E-state index in [4.69, 9.17) is 5.26 Å². The molecule has 27 heavy (non-hydrogen) atoms. The van der Waals surface area contributed by atoms with Gasteiger partial charge in [-0.3, -0.25) is 0 Å². The number of nitrogens with one attached hydrogen (secondary N) is 1. The van der Waals surface area contributed by atoms with Crippen molar-refractivity contribution in [2.45, 2.75) is 26.4 Å². The SMILES string of the molecule is CCc1cc2cc(NCc3cncn3Cc3ccc(C#N)cc3)ccc2s1. The van der Waals surface area contributed by atoms with Crippen molar-refractivity contribution in [3.8, 4) is 6.07 Å². The molecule has 4 rings (SSSR count). The highest BCUT2D eigenvalue weighted by atomic mass is 32.1. The van der Waals surface area contributed by atoms with E-state index in [0.717, 1.165) is 29.9 Å². The van der Waals surface area contributed by atoms with Crippen LogP contribution in [0, 0.1) is 11.3 Å². The molecule has 4 nitrogen and oxygen atoms in total. The Bertz CT molecular complexity index is 1100.